The van der Waals surface area contributed by atoms with Gasteiger partial charge in [-0.3, -0.25) is 9.59 Å². The van der Waals surface area contributed by atoms with Crippen LogP contribution in [0, 0.1) is 5.92 Å². The van der Waals surface area contributed by atoms with E-state index in [1.165, 1.54) is 5.56 Å². The highest BCUT2D eigenvalue weighted by molar-refractivity contribution is 5.80. The molecule has 0 bridgehead atoms. The number of carbonyl (C=O) groups excluding carboxylic acids is 2. The minimum Gasteiger partial charge on any atom is -0.491 e. The Morgan fingerprint density at radius 1 is 1.29 bits per heavy atom. The van der Waals surface area contributed by atoms with Crippen LogP contribution < -0.4 is 10.1 Å². The van der Waals surface area contributed by atoms with E-state index in [9.17, 15) is 9.59 Å². The number of piperidine rings is 1. The summed E-state index contributed by atoms with van der Waals surface area (Å²) in [6.45, 7) is 7.49. The summed E-state index contributed by atoms with van der Waals surface area (Å²) in [5.74, 6) is 0.894. The number of hydrogen-bond donors (Lipinski definition) is 1. The molecule has 5 nitrogen and oxygen atoms in total. The Balaban J connectivity index is 1.75. The van der Waals surface area contributed by atoms with Crippen LogP contribution >= 0.6 is 0 Å². The molecule has 0 radical (unpaired) electrons. The summed E-state index contributed by atoms with van der Waals surface area (Å²) in [4.78, 5) is 25.5. The molecule has 132 valence electrons. The van der Waals surface area contributed by atoms with Crippen LogP contribution in [0.2, 0.25) is 0 Å². The molecule has 2 rings (SSSR count). The first-order valence-corrected chi connectivity index (χ1v) is 8.74. The van der Waals surface area contributed by atoms with Gasteiger partial charge < -0.3 is 15.0 Å². The van der Waals surface area contributed by atoms with Gasteiger partial charge in [0.25, 0.3) is 0 Å². The summed E-state index contributed by atoms with van der Waals surface area (Å²) >= 11 is 0. The zero-order valence-electron chi connectivity index (χ0n) is 14.9. The number of amides is 2. The van der Waals surface area contributed by atoms with Crippen molar-refractivity contribution in [1.29, 1.82) is 0 Å². The number of carbonyl (C=O) groups is 2. The van der Waals surface area contributed by atoms with Crippen molar-refractivity contribution in [3.63, 3.8) is 0 Å². The van der Waals surface area contributed by atoms with Crippen molar-refractivity contribution in [3.8, 4) is 5.75 Å². The van der Waals surface area contributed by atoms with E-state index < -0.39 is 0 Å². The van der Waals surface area contributed by atoms with Gasteiger partial charge in [-0.25, -0.2) is 0 Å². The predicted molar refractivity (Wildman–Crippen MR) is 93.9 cm³/mol. The average molecular weight is 332 g/mol. The minimum atomic E-state index is -0.0792. The van der Waals surface area contributed by atoms with Gasteiger partial charge in [0.05, 0.1) is 12.0 Å². The molecule has 1 aromatic carbocycles. The van der Waals surface area contributed by atoms with Gasteiger partial charge in [-0.15, -0.1) is 0 Å². The molecule has 2 amide bonds. The smallest absolute Gasteiger partial charge is 0.224 e. The SMILES string of the molecule is CC(=O)N1CCC[C@@H](C(=O)NCCc2ccc(OC(C)C)cc2)C1. The predicted octanol–water partition coefficient (Wildman–Crippen LogP) is 2.39. The van der Waals surface area contributed by atoms with Gasteiger partial charge in [-0.05, 0) is 50.8 Å². The largest absolute Gasteiger partial charge is 0.491 e. The molecule has 1 atom stereocenters. The van der Waals surface area contributed by atoms with Crippen molar-refractivity contribution in [1.82, 2.24) is 10.2 Å². The molecule has 1 N–H and O–H groups in total. The number of benzene rings is 1. The standard InChI is InChI=1S/C19H28N2O3/c1-14(2)24-18-8-6-16(7-9-18)10-11-20-19(23)17-5-4-12-21(13-17)15(3)22/h6-9,14,17H,4-5,10-13H2,1-3H3,(H,20,23)/t17-/m1/s1. The molecule has 24 heavy (non-hydrogen) atoms. The summed E-state index contributed by atoms with van der Waals surface area (Å²) in [6, 6.07) is 7.98. The molecule has 1 fully saturated rings. The maximum atomic E-state index is 12.3. The van der Waals surface area contributed by atoms with Gasteiger partial charge in [-0.2, -0.15) is 0 Å². The van der Waals surface area contributed by atoms with Crippen molar-refractivity contribution in [3.05, 3.63) is 29.8 Å². The van der Waals surface area contributed by atoms with Gasteiger partial charge >= 0.3 is 0 Å². The Kier molecular flexibility index (Phi) is 6.64. The Bertz CT molecular complexity index is 554. The maximum absolute atomic E-state index is 12.3. The zero-order chi connectivity index (χ0) is 17.5. The Hall–Kier alpha value is -2.04. The second kappa shape index (κ2) is 8.71. The second-order valence-electron chi connectivity index (χ2n) is 6.66. The minimum absolute atomic E-state index is 0.0520. The van der Waals surface area contributed by atoms with Crippen molar-refractivity contribution in [2.45, 2.75) is 46.1 Å². The molecule has 1 saturated heterocycles. The van der Waals surface area contributed by atoms with Gasteiger partial charge in [0.15, 0.2) is 0 Å². The van der Waals surface area contributed by atoms with E-state index in [2.05, 4.69) is 5.32 Å². The number of ether oxygens (including phenoxy) is 1. The molecule has 0 saturated carbocycles. The highest BCUT2D eigenvalue weighted by atomic mass is 16.5. The molecule has 0 aliphatic carbocycles. The fourth-order valence-electron chi connectivity index (χ4n) is 2.96. The van der Waals surface area contributed by atoms with Crippen LogP contribution in [0.3, 0.4) is 0 Å². The van der Waals surface area contributed by atoms with Gasteiger partial charge in [-0.1, -0.05) is 12.1 Å². The summed E-state index contributed by atoms with van der Waals surface area (Å²) in [6.07, 6.45) is 2.71. The van der Waals surface area contributed by atoms with Crippen molar-refractivity contribution in [2.75, 3.05) is 19.6 Å². The number of rotatable bonds is 6. The first-order valence-electron chi connectivity index (χ1n) is 8.74. The number of likely N-dealkylation sites (tertiary alicyclic amines) is 1. The molecule has 0 spiro atoms. The van der Waals surface area contributed by atoms with Crippen LogP contribution in [0.25, 0.3) is 0 Å². The fraction of sp³-hybridized carbons (Fsp3) is 0.579. The summed E-state index contributed by atoms with van der Waals surface area (Å²) < 4.78 is 5.62. The van der Waals surface area contributed by atoms with Crippen LogP contribution in [0.15, 0.2) is 24.3 Å². The van der Waals surface area contributed by atoms with E-state index in [1.807, 2.05) is 38.1 Å². The Morgan fingerprint density at radius 3 is 2.62 bits per heavy atom. The van der Waals surface area contributed by atoms with Crippen LogP contribution in [0.4, 0.5) is 0 Å². The lowest BCUT2D eigenvalue weighted by Gasteiger charge is -2.31. The molecular weight excluding hydrogens is 304 g/mol. The highest BCUT2D eigenvalue weighted by Gasteiger charge is 2.26. The highest BCUT2D eigenvalue weighted by Crippen LogP contribution is 2.17. The zero-order valence-corrected chi connectivity index (χ0v) is 14.9. The third-order valence-corrected chi connectivity index (χ3v) is 4.25. The molecule has 1 aliphatic rings. The van der Waals surface area contributed by atoms with E-state index in [0.29, 0.717) is 13.1 Å². The molecule has 5 heteroatoms. The number of nitrogens with one attached hydrogen (secondary N) is 1. The quantitative estimate of drug-likeness (QED) is 0.870. The maximum Gasteiger partial charge on any atom is 0.224 e. The lowest BCUT2D eigenvalue weighted by atomic mass is 9.97. The van der Waals surface area contributed by atoms with E-state index >= 15 is 0 Å². The van der Waals surface area contributed by atoms with Gasteiger partial charge in [0.1, 0.15) is 5.75 Å². The second-order valence-corrected chi connectivity index (χ2v) is 6.66. The topological polar surface area (TPSA) is 58.6 Å². The normalized spacial score (nSPS) is 17.7. The third-order valence-electron chi connectivity index (χ3n) is 4.25. The third kappa shape index (κ3) is 5.55. The molecule has 0 unspecified atom stereocenters. The molecule has 1 aliphatic heterocycles. The molecule has 1 aromatic rings. The summed E-state index contributed by atoms with van der Waals surface area (Å²) in [5.41, 5.74) is 1.17. The van der Waals surface area contributed by atoms with Crippen molar-refractivity contribution < 1.29 is 14.3 Å². The lowest BCUT2D eigenvalue weighted by molar-refractivity contribution is -0.133. The molecule has 0 aromatic heterocycles. The van der Waals surface area contributed by atoms with Crippen LogP contribution in [0.5, 0.6) is 5.75 Å². The monoisotopic (exact) mass is 332 g/mol. The van der Waals surface area contributed by atoms with E-state index in [1.54, 1.807) is 11.8 Å². The summed E-state index contributed by atoms with van der Waals surface area (Å²) in [7, 11) is 0. The van der Waals surface area contributed by atoms with Crippen LogP contribution in [0.1, 0.15) is 39.2 Å². The first kappa shape index (κ1) is 18.3. The Labute approximate surface area is 144 Å². The molecule has 1 heterocycles. The van der Waals surface area contributed by atoms with Crippen LogP contribution in [-0.4, -0.2) is 42.5 Å². The average Bonchev–Trinajstić information content (AvgIpc) is 2.56. The van der Waals surface area contributed by atoms with Crippen molar-refractivity contribution >= 4 is 11.8 Å². The van der Waals surface area contributed by atoms with Crippen LogP contribution in [-0.2, 0) is 16.0 Å². The van der Waals surface area contributed by atoms with E-state index in [-0.39, 0.29) is 23.8 Å². The number of hydrogen-bond acceptors (Lipinski definition) is 3. The van der Waals surface area contributed by atoms with Gasteiger partial charge in [0.2, 0.25) is 11.8 Å². The van der Waals surface area contributed by atoms with Gasteiger partial charge in [0, 0.05) is 26.6 Å². The Morgan fingerprint density at radius 2 is 2.00 bits per heavy atom. The number of nitrogens with zero attached hydrogens (tertiary/aromatic N) is 1. The molecular formula is C19H28N2O3. The summed E-state index contributed by atoms with van der Waals surface area (Å²) in [5, 5.41) is 3.00. The van der Waals surface area contributed by atoms with E-state index in [0.717, 1.165) is 31.6 Å². The van der Waals surface area contributed by atoms with E-state index in [4.69, 9.17) is 4.74 Å². The lowest BCUT2D eigenvalue weighted by Crippen LogP contribution is -2.45. The fourth-order valence-corrected chi connectivity index (χ4v) is 2.96. The van der Waals surface area contributed by atoms with Crippen molar-refractivity contribution in [2.24, 2.45) is 5.92 Å². The first-order chi connectivity index (χ1) is 11.5.